The highest BCUT2D eigenvalue weighted by atomic mass is 35.5. The highest BCUT2D eigenvalue weighted by Gasteiger charge is 2.07. The number of hydrogen-bond donors (Lipinski definition) is 1. The molecule has 29 heavy (non-hydrogen) atoms. The molecule has 0 atom stereocenters. The molecule has 4 nitrogen and oxygen atoms in total. The molecule has 0 heterocycles. The fourth-order valence-electron chi connectivity index (χ4n) is 2.99. The van der Waals surface area contributed by atoms with E-state index < -0.39 is 0 Å². The van der Waals surface area contributed by atoms with E-state index in [1.165, 1.54) is 5.56 Å². The van der Waals surface area contributed by atoms with Crippen LogP contribution in [0.2, 0.25) is 5.02 Å². The predicted octanol–water partition coefficient (Wildman–Crippen LogP) is 5.27. The van der Waals surface area contributed by atoms with E-state index in [1.54, 1.807) is 14.2 Å². The second-order valence-corrected chi connectivity index (χ2v) is 7.12. The Hall–Kier alpha value is -2.69. The van der Waals surface area contributed by atoms with Gasteiger partial charge < -0.3 is 19.5 Å². The van der Waals surface area contributed by atoms with E-state index in [1.807, 2.05) is 48.5 Å². The molecule has 0 fully saturated rings. The standard InChI is InChI=1S/C24H26ClNO3/c1-27-22-9-6-18(7-10-22)12-13-26-16-19-8-11-23(24(15-19)28-2)29-17-20-4-3-5-21(25)14-20/h3-11,14-15,26H,12-13,16-17H2,1-2H3. The highest BCUT2D eigenvalue weighted by molar-refractivity contribution is 6.30. The van der Waals surface area contributed by atoms with Gasteiger partial charge in [-0.1, -0.05) is 41.9 Å². The normalized spacial score (nSPS) is 10.6. The van der Waals surface area contributed by atoms with E-state index >= 15 is 0 Å². The molecule has 0 bridgehead atoms. The van der Waals surface area contributed by atoms with Crippen molar-refractivity contribution in [3.05, 3.63) is 88.4 Å². The number of benzene rings is 3. The van der Waals surface area contributed by atoms with E-state index in [-0.39, 0.29) is 0 Å². The van der Waals surface area contributed by atoms with Gasteiger partial charge in [-0.05, 0) is 66.1 Å². The third-order valence-electron chi connectivity index (χ3n) is 4.59. The van der Waals surface area contributed by atoms with Gasteiger partial charge in [0, 0.05) is 11.6 Å². The zero-order chi connectivity index (χ0) is 20.5. The Morgan fingerprint density at radius 2 is 1.59 bits per heavy atom. The quantitative estimate of drug-likeness (QED) is 0.461. The molecule has 0 radical (unpaired) electrons. The van der Waals surface area contributed by atoms with Crippen molar-refractivity contribution >= 4 is 11.6 Å². The van der Waals surface area contributed by atoms with Crippen molar-refractivity contribution in [2.24, 2.45) is 0 Å². The Kier molecular flexibility index (Phi) is 7.79. The van der Waals surface area contributed by atoms with E-state index in [4.69, 9.17) is 25.8 Å². The Morgan fingerprint density at radius 3 is 2.31 bits per heavy atom. The molecule has 0 unspecified atom stereocenters. The third kappa shape index (κ3) is 6.41. The zero-order valence-electron chi connectivity index (χ0n) is 16.8. The number of halogens is 1. The molecule has 0 saturated heterocycles. The lowest BCUT2D eigenvalue weighted by molar-refractivity contribution is 0.284. The summed E-state index contributed by atoms with van der Waals surface area (Å²) in [6.45, 7) is 2.10. The minimum absolute atomic E-state index is 0.441. The van der Waals surface area contributed by atoms with Crippen LogP contribution in [0.4, 0.5) is 0 Å². The van der Waals surface area contributed by atoms with E-state index in [0.717, 1.165) is 47.9 Å². The Labute approximate surface area is 177 Å². The Morgan fingerprint density at radius 1 is 0.793 bits per heavy atom. The van der Waals surface area contributed by atoms with Crippen molar-refractivity contribution in [2.45, 2.75) is 19.6 Å². The monoisotopic (exact) mass is 411 g/mol. The van der Waals surface area contributed by atoms with Gasteiger partial charge in [0.1, 0.15) is 12.4 Å². The lowest BCUT2D eigenvalue weighted by atomic mass is 10.1. The smallest absolute Gasteiger partial charge is 0.161 e. The van der Waals surface area contributed by atoms with Gasteiger partial charge in [-0.3, -0.25) is 0 Å². The Balaban J connectivity index is 1.49. The summed E-state index contributed by atoms with van der Waals surface area (Å²) < 4.78 is 16.6. The Bertz CT molecular complexity index is 912. The summed E-state index contributed by atoms with van der Waals surface area (Å²) in [6.07, 6.45) is 0.960. The van der Waals surface area contributed by atoms with Gasteiger partial charge >= 0.3 is 0 Å². The first kappa shape index (κ1) is 21.0. The van der Waals surface area contributed by atoms with Gasteiger partial charge in [0.15, 0.2) is 11.5 Å². The summed E-state index contributed by atoms with van der Waals surface area (Å²) in [4.78, 5) is 0. The van der Waals surface area contributed by atoms with Gasteiger partial charge in [-0.2, -0.15) is 0 Å². The van der Waals surface area contributed by atoms with Crippen molar-refractivity contribution in [2.75, 3.05) is 20.8 Å². The molecule has 1 N–H and O–H groups in total. The van der Waals surface area contributed by atoms with Crippen LogP contribution < -0.4 is 19.5 Å². The molecule has 0 saturated carbocycles. The zero-order valence-corrected chi connectivity index (χ0v) is 17.5. The van der Waals surface area contributed by atoms with Crippen molar-refractivity contribution in [1.29, 1.82) is 0 Å². The summed E-state index contributed by atoms with van der Waals surface area (Å²) >= 11 is 6.03. The molecular weight excluding hydrogens is 386 g/mol. The van der Waals surface area contributed by atoms with Crippen LogP contribution in [0.25, 0.3) is 0 Å². The average Bonchev–Trinajstić information content (AvgIpc) is 2.76. The van der Waals surface area contributed by atoms with Crippen LogP contribution in [0, 0.1) is 0 Å². The molecule has 152 valence electrons. The summed E-state index contributed by atoms with van der Waals surface area (Å²) in [6, 6.07) is 21.8. The lowest BCUT2D eigenvalue weighted by Gasteiger charge is -2.13. The molecule has 0 amide bonds. The molecule has 3 rings (SSSR count). The van der Waals surface area contributed by atoms with Crippen LogP contribution >= 0.6 is 11.6 Å². The molecular formula is C24H26ClNO3. The second-order valence-electron chi connectivity index (χ2n) is 6.68. The average molecular weight is 412 g/mol. The number of ether oxygens (including phenoxy) is 3. The fraction of sp³-hybridized carbons (Fsp3) is 0.250. The molecule has 3 aromatic rings. The van der Waals surface area contributed by atoms with E-state index in [0.29, 0.717) is 11.6 Å². The van der Waals surface area contributed by atoms with E-state index in [9.17, 15) is 0 Å². The van der Waals surface area contributed by atoms with Crippen LogP contribution in [-0.2, 0) is 19.6 Å². The molecule has 0 aromatic heterocycles. The molecule has 0 aliphatic carbocycles. The number of rotatable bonds is 10. The van der Waals surface area contributed by atoms with Gasteiger partial charge in [0.05, 0.1) is 14.2 Å². The topological polar surface area (TPSA) is 39.7 Å². The van der Waals surface area contributed by atoms with Crippen LogP contribution in [0.3, 0.4) is 0 Å². The molecule has 0 spiro atoms. The lowest BCUT2D eigenvalue weighted by Crippen LogP contribution is -2.16. The predicted molar refractivity (Wildman–Crippen MR) is 117 cm³/mol. The van der Waals surface area contributed by atoms with Crippen molar-refractivity contribution in [3.8, 4) is 17.2 Å². The second kappa shape index (κ2) is 10.7. The molecule has 3 aromatic carbocycles. The first-order valence-corrected chi connectivity index (χ1v) is 9.93. The fourth-order valence-corrected chi connectivity index (χ4v) is 3.20. The molecule has 0 aliphatic heterocycles. The van der Waals surface area contributed by atoms with Crippen LogP contribution in [0.15, 0.2) is 66.7 Å². The highest BCUT2D eigenvalue weighted by Crippen LogP contribution is 2.29. The summed E-state index contributed by atoms with van der Waals surface area (Å²) in [5, 5.41) is 4.17. The largest absolute Gasteiger partial charge is 0.497 e. The summed E-state index contributed by atoms with van der Waals surface area (Å²) in [5.41, 5.74) is 3.44. The van der Waals surface area contributed by atoms with Crippen LogP contribution in [0.5, 0.6) is 17.2 Å². The molecule has 5 heteroatoms. The first-order valence-electron chi connectivity index (χ1n) is 9.56. The van der Waals surface area contributed by atoms with Gasteiger partial charge in [0.2, 0.25) is 0 Å². The summed E-state index contributed by atoms with van der Waals surface area (Å²) in [7, 11) is 3.33. The number of nitrogens with one attached hydrogen (secondary N) is 1. The third-order valence-corrected chi connectivity index (χ3v) is 4.83. The number of hydrogen-bond acceptors (Lipinski definition) is 4. The van der Waals surface area contributed by atoms with Gasteiger partial charge in [-0.25, -0.2) is 0 Å². The van der Waals surface area contributed by atoms with Crippen LogP contribution in [-0.4, -0.2) is 20.8 Å². The van der Waals surface area contributed by atoms with Gasteiger partial charge in [0.25, 0.3) is 0 Å². The van der Waals surface area contributed by atoms with E-state index in [2.05, 4.69) is 23.5 Å². The maximum Gasteiger partial charge on any atom is 0.161 e. The van der Waals surface area contributed by atoms with Crippen LogP contribution in [0.1, 0.15) is 16.7 Å². The van der Waals surface area contributed by atoms with Crippen molar-refractivity contribution in [1.82, 2.24) is 5.32 Å². The maximum absolute atomic E-state index is 6.03. The van der Waals surface area contributed by atoms with Crippen molar-refractivity contribution < 1.29 is 14.2 Å². The SMILES string of the molecule is COc1ccc(CCNCc2ccc(OCc3cccc(Cl)c3)c(OC)c2)cc1. The van der Waals surface area contributed by atoms with Crippen molar-refractivity contribution in [3.63, 3.8) is 0 Å². The minimum Gasteiger partial charge on any atom is -0.497 e. The van der Waals surface area contributed by atoms with Gasteiger partial charge in [-0.15, -0.1) is 0 Å². The molecule has 0 aliphatic rings. The minimum atomic E-state index is 0.441. The first-order chi connectivity index (χ1) is 14.2. The number of methoxy groups -OCH3 is 2. The summed E-state index contributed by atoms with van der Waals surface area (Å²) in [5.74, 6) is 2.32. The maximum atomic E-state index is 6.03.